The van der Waals surface area contributed by atoms with Gasteiger partial charge in [-0.2, -0.15) is 13.2 Å². The molecule has 0 N–H and O–H groups in total. The Labute approximate surface area is 142 Å². The fraction of sp³-hybridized carbons (Fsp3) is 0.250. The van der Waals surface area contributed by atoms with Crippen LogP contribution in [0.3, 0.4) is 0 Å². The van der Waals surface area contributed by atoms with E-state index in [2.05, 4.69) is 9.98 Å². The number of pyridine rings is 1. The molecule has 8 heteroatoms. The molecule has 0 aliphatic heterocycles. The number of halogens is 4. The minimum absolute atomic E-state index is 0.00636. The summed E-state index contributed by atoms with van der Waals surface area (Å²) in [5.41, 5.74) is 0.305. The molecule has 0 aliphatic rings. The molecule has 2 aromatic rings. The maximum Gasteiger partial charge on any atom is 0.417 e. The Morgan fingerprint density at radius 2 is 1.96 bits per heavy atom. The number of hydrogen-bond acceptors (Lipinski definition) is 3. The van der Waals surface area contributed by atoms with E-state index in [9.17, 15) is 13.2 Å². The standard InChI is InChI=1S/C16H15ClF3N3O/c1-10-6-11(22-9-23(2)3)8-21-15(10)24-12-4-5-14(17)13(7-12)16(18,19)20/h4-9H,1-3H3/b22-9+. The fourth-order valence-corrected chi connectivity index (χ4v) is 2.03. The number of hydrogen-bond donors (Lipinski definition) is 0. The number of rotatable bonds is 4. The largest absolute Gasteiger partial charge is 0.439 e. The minimum atomic E-state index is -4.55. The molecule has 1 heterocycles. The van der Waals surface area contributed by atoms with Crippen LogP contribution in [0.15, 0.2) is 35.5 Å². The van der Waals surface area contributed by atoms with Crippen molar-refractivity contribution in [3.05, 3.63) is 46.6 Å². The molecular formula is C16H15ClF3N3O. The molecule has 0 radical (unpaired) electrons. The third-order valence-electron chi connectivity index (χ3n) is 2.91. The summed E-state index contributed by atoms with van der Waals surface area (Å²) in [6.45, 7) is 1.73. The minimum Gasteiger partial charge on any atom is -0.439 e. The number of aryl methyl sites for hydroxylation is 1. The Hall–Kier alpha value is -2.28. The predicted octanol–water partition coefficient (Wildman–Crippen LogP) is 5.08. The summed E-state index contributed by atoms with van der Waals surface area (Å²) in [6, 6.07) is 5.08. The second-order valence-electron chi connectivity index (χ2n) is 5.27. The normalized spacial score (nSPS) is 11.8. The highest BCUT2D eigenvalue weighted by Gasteiger charge is 2.33. The van der Waals surface area contributed by atoms with Gasteiger partial charge in [0.1, 0.15) is 5.75 Å². The van der Waals surface area contributed by atoms with Crippen molar-refractivity contribution in [3.63, 3.8) is 0 Å². The van der Waals surface area contributed by atoms with Gasteiger partial charge in [0.05, 0.1) is 28.8 Å². The second kappa shape index (κ2) is 7.09. The van der Waals surface area contributed by atoms with E-state index >= 15 is 0 Å². The zero-order valence-electron chi connectivity index (χ0n) is 13.2. The van der Waals surface area contributed by atoms with Gasteiger partial charge in [-0.05, 0) is 31.2 Å². The summed E-state index contributed by atoms with van der Waals surface area (Å²) in [6.07, 6.45) is -1.46. The van der Waals surface area contributed by atoms with Crippen molar-refractivity contribution in [3.8, 4) is 11.6 Å². The van der Waals surface area contributed by atoms with Gasteiger partial charge in [-0.3, -0.25) is 0 Å². The quantitative estimate of drug-likeness (QED) is 0.566. The van der Waals surface area contributed by atoms with Crippen LogP contribution in [0, 0.1) is 6.92 Å². The van der Waals surface area contributed by atoms with Crippen LogP contribution in [0.1, 0.15) is 11.1 Å². The van der Waals surface area contributed by atoms with Gasteiger partial charge < -0.3 is 9.64 Å². The Morgan fingerprint density at radius 1 is 1.25 bits per heavy atom. The number of alkyl halides is 3. The molecule has 0 atom stereocenters. The summed E-state index contributed by atoms with van der Waals surface area (Å²) >= 11 is 5.59. The molecule has 128 valence electrons. The van der Waals surface area contributed by atoms with Gasteiger partial charge in [-0.15, -0.1) is 0 Å². The Balaban J connectivity index is 2.26. The van der Waals surface area contributed by atoms with Crippen molar-refractivity contribution < 1.29 is 17.9 Å². The van der Waals surface area contributed by atoms with Crippen LogP contribution in [-0.4, -0.2) is 30.3 Å². The molecule has 0 unspecified atom stereocenters. The van der Waals surface area contributed by atoms with E-state index in [1.54, 1.807) is 24.2 Å². The van der Waals surface area contributed by atoms with Crippen LogP contribution in [0.2, 0.25) is 5.02 Å². The number of aliphatic imine (C=N–C) groups is 1. The maximum absolute atomic E-state index is 12.9. The molecule has 0 spiro atoms. The highest BCUT2D eigenvalue weighted by molar-refractivity contribution is 6.31. The Bertz CT molecular complexity index is 761. The molecule has 0 aliphatic carbocycles. The summed E-state index contributed by atoms with van der Waals surface area (Å²) in [5.74, 6) is 0.209. The number of ether oxygens (including phenoxy) is 1. The van der Waals surface area contributed by atoms with Gasteiger partial charge in [0.2, 0.25) is 5.88 Å². The van der Waals surface area contributed by atoms with Gasteiger partial charge in [-0.25, -0.2) is 9.98 Å². The first-order valence-corrected chi connectivity index (χ1v) is 7.26. The first kappa shape index (κ1) is 18.1. The molecule has 0 fully saturated rings. The summed E-state index contributed by atoms with van der Waals surface area (Å²) in [5, 5.41) is -0.382. The van der Waals surface area contributed by atoms with Crippen molar-refractivity contribution in [2.24, 2.45) is 4.99 Å². The predicted molar refractivity (Wildman–Crippen MR) is 87.3 cm³/mol. The van der Waals surface area contributed by atoms with Crippen LogP contribution < -0.4 is 4.74 Å². The molecule has 1 aromatic carbocycles. The van der Waals surface area contributed by atoms with Crippen molar-refractivity contribution in [2.45, 2.75) is 13.1 Å². The molecule has 0 bridgehead atoms. The number of nitrogens with zero attached hydrogens (tertiary/aromatic N) is 3. The van der Waals surface area contributed by atoms with E-state index in [0.29, 0.717) is 11.3 Å². The lowest BCUT2D eigenvalue weighted by Crippen LogP contribution is -2.07. The van der Waals surface area contributed by atoms with Gasteiger partial charge in [-0.1, -0.05) is 11.6 Å². The first-order valence-electron chi connectivity index (χ1n) is 6.88. The third kappa shape index (κ3) is 4.61. The zero-order valence-corrected chi connectivity index (χ0v) is 14.0. The lowest BCUT2D eigenvalue weighted by atomic mass is 10.2. The molecule has 1 aromatic heterocycles. The van der Waals surface area contributed by atoms with Gasteiger partial charge in [0.25, 0.3) is 0 Å². The molecule has 4 nitrogen and oxygen atoms in total. The third-order valence-corrected chi connectivity index (χ3v) is 3.24. The van der Waals surface area contributed by atoms with Crippen molar-refractivity contribution in [1.29, 1.82) is 0 Å². The molecule has 0 amide bonds. The van der Waals surface area contributed by atoms with Gasteiger partial charge in [0.15, 0.2) is 0 Å². The maximum atomic E-state index is 12.9. The van der Waals surface area contributed by atoms with Crippen LogP contribution >= 0.6 is 11.6 Å². The number of aromatic nitrogens is 1. The van der Waals surface area contributed by atoms with E-state index in [0.717, 1.165) is 12.1 Å². The molecule has 2 rings (SSSR count). The van der Waals surface area contributed by atoms with Gasteiger partial charge >= 0.3 is 6.18 Å². The fourth-order valence-electron chi connectivity index (χ4n) is 1.80. The average molecular weight is 358 g/mol. The van der Waals surface area contributed by atoms with E-state index in [1.165, 1.54) is 12.3 Å². The second-order valence-corrected chi connectivity index (χ2v) is 5.67. The average Bonchev–Trinajstić information content (AvgIpc) is 2.48. The van der Waals surface area contributed by atoms with Crippen LogP contribution in [0.5, 0.6) is 11.6 Å². The van der Waals surface area contributed by atoms with E-state index in [1.807, 2.05) is 14.1 Å². The first-order chi connectivity index (χ1) is 11.2. The summed E-state index contributed by atoms with van der Waals surface area (Å²) in [7, 11) is 3.67. The number of benzene rings is 1. The smallest absolute Gasteiger partial charge is 0.417 e. The van der Waals surface area contributed by atoms with E-state index < -0.39 is 11.7 Å². The van der Waals surface area contributed by atoms with Crippen molar-refractivity contribution in [1.82, 2.24) is 9.88 Å². The molecule has 24 heavy (non-hydrogen) atoms. The summed E-state index contributed by atoms with van der Waals surface area (Å²) < 4.78 is 44.1. The Kier molecular flexibility index (Phi) is 5.33. The lowest BCUT2D eigenvalue weighted by molar-refractivity contribution is -0.137. The zero-order chi connectivity index (χ0) is 17.9. The van der Waals surface area contributed by atoms with E-state index in [4.69, 9.17) is 16.3 Å². The molecule has 0 saturated heterocycles. The monoisotopic (exact) mass is 357 g/mol. The molecular weight excluding hydrogens is 343 g/mol. The topological polar surface area (TPSA) is 37.7 Å². The van der Waals surface area contributed by atoms with Crippen molar-refractivity contribution >= 4 is 23.6 Å². The summed E-state index contributed by atoms with van der Waals surface area (Å²) in [4.78, 5) is 10.1. The molecule has 0 saturated carbocycles. The van der Waals surface area contributed by atoms with E-state index in [-0.39, 0.29) is 16.7 Å². The SMILES string of the molecule is Cc1cc(/N=C/N(C)C)cnc1Oc1ccc(Cl)c(C(F)(F)F)c1. The van der Waals surface area contributed by atoms with Crippen LogP contribution in [-0.2, 0) is 6.18 Å². The highest BCUT2D eigenvalue weighted by Crippen LogP contribution is 2.37. The van der Waals surface area contributed by atoms with Crippen LogP contribution in [0.4, 0.5) is 18.9 Å². The lowest BCUT2D eigenvalue weighted by Gasteiger charge is -2.12. The van der Waals surface area contributed by atoms with Gasteiger partial charge in [0, 0.05) is 19.7 Å². The Morgan fingerprint density at radius 3 is 2.54 bits per heavy atom. The van der Waals surface area contributed by atoms with Crippen molar-refractivity contribution in [2.75, 3.05) is 14.1 Å². The highest BCUT2D eigenvalue weighted by atomic mass is 35.5. The van der Waals surface area contributed by atoms with Crippen LogP contribution in [0.25, 0.3) is 0 Å².